The van der Waals surface area contributed by atoms with Crippen LogP contribution in [0.3, 0.4) is 0 Å². The van der Waals surface area contributed by atoms with Crippen molar-refractivity contribution in [3.05, 3.63) is 64.2 Å². The quantitative estimate of drug-likeness (QED) is 0.633. The lowest BCUT2D eigenvalue weighted by Crippen LogP contribution is -2.45. The number of nitrogens with zero attached hydrogens (tertiary/aromatic N) is 2. The van der Waals surface area contributed by atoms with E-state index >= 15 is 0 Å². The summed E-state index contributed by atoms with van der Waals surface area (Å²) in [4.78, 5) is 29.0. The molecule has 3 heterocycles. The first kappa shape index (κ1) is 22.5. The number of amides is 1. The van der Waals surface area contributed by atoms with Gasteiger partial charge in [0.25, 0.3) is 5.91 Å². The molecule has 0 aliphatic carbocycles. The van der Waals surface area contributed by atoms with Crippen LogP contribution in [0.5, 0.6) is 5.75 Å². The summed E-state index contributed by atoms with van der Waals surface area (Å²) in [6.07, 6.45) is 3.35. The van der Waals surface area contributed by atoms with Crippen LogP contribution in [0.4, 0.5) is 0 Å². The number of rotatable bonds is 9. The maximum atomic E-state index is 12.4. The molecule has 1 atom stereocenters. The van der Waals surface area contributed by atoms with E-state index in [-0.39, 0.29) is 29.8 Å². The van der Waals surface area contributed by atoms with Gasteiger partial charge in [-0.15, -0.1) is 0 Å². The number of benzene rings is 1. The van der Waals surface area contributed by atoms with Gasteiger partial charge in [-0.1, -0.05) is 30.3 Å². The minimum atomic E-state index is -0.280. The molecule has 0 bridgehead atoms. The molecule has 2 aliphatic rings. The molecule has 1 N–H and O–H groups in total. The average molecular weight is 442 g/mol. The van der Waals surface area contributed by atoms with Crippen molar-refractivity contribution in [2.75, 3.05) is 45.9 Å². The van der Waals surface area contributed by atoms with Gasteiger partial charge in [-0.25, -0.2) is 0 Å². The van der Waals surface area contributed by atoms with Crippen LogP contribution >= 0.6 is 0 Å². The van der Waals surface area contributed by atoms with Crippen molar-refractivity contribution in [3.63, 3.8) is 0 Å². The van der Waals surface area contributed by atoms with Crippen LogP contribution in [0.2, 0.25) is 0 Å². The second-order valence-corrected chi connectivity index (χ2v) is 8.34. The van der Waals surface area contributed by atoms with E-state index in [0.29, 0.717) is 18.8 Å². The van der Waals surface area contributed by atoms with E-state index in [4.69, 9.17) is 13.9 Å². The van der Waals surface area contributed by atoms with Crippen molar-refractivity contribution in [1.29, 1.82) is 0 Å². The monoisotopic (exact) mass is 441 g/mol. The third kappa shape index (κ3) is 6.66. The molecule has 0 spiro atoms. The van der Waals surface area contributed by atoms with Crippen LogP contribution in [-0.4, -0.2) is 67.7 Å². The lowest BCUT2D eigenvalue weighted by molar-refractivity contribution is -0.123. The van der Waals surface area contributed by atoms with E-state index in [1.807, 2.05) is 6.07 Å². The SMILES string of the molecule is O=C(COc1coc(CN2CCN(Cc3ccccc3)CC2)cc1=O)NC[C@@H]1CCCO1. The summed E-state index contributed by atoms with van der Waals surface area (Å²) in [7, 11) is 0. The summed E-state index contributed by atoms with van der Waals surface area (Å²) in [5, 5.41) is 2.77. The number of piperazine rings is 1. The second kappa shape index (κ2) is 11.3. The van der Waals surface area contributed by atoms with Gasteiger partial charge < -0.3 is 19.2 Å². The summed E-state index contributed by atoms with van der Waals surface area (Å²) in [6.45, 7) is 6.30. The second-order valence-electron chi connectivity index (χ2n) is 8.34. The Kier molecular flexibility index (Phi) is 7.92. The minimum absolute atomic E-state index is 0.0497. The largest absolute Gasteiger partial charge is 0.477 e. The number of carbonyl (C=O) groups excluding carboxylic acids is 1. The first-order valence-corrected chi connectivity index (χ1v) is 11.3. The third-order valence-electron chi connectivity index (χ3n) is 5.86. The van der Waals surface area contributed by atoms with Crippen molar-refractivity contribution in [2.45, 2.75) is 32.0 Å². The van der Waals surface area contributed by atoms with Gasteiger partial charge in [-0.2, -0.15) is 0 Å². The summed E-state index contributed by atoms with van der Waals surface area (Å²) in [6, 6.07) is 11.9. The number of hydrogen-bond acceptors (Lipinski definition) is 7. The number of hydrogen-bond donors (Lipinski definition) is 1. The zero-order chi connectivity index (χ0) is 22.2. The first-order valence-electron chi connectivity index (χ1n) is 11.3. The normalized spacial score (nSPS) is 19.7. The van der Waals surface area contributed by atoms with Crippen molar-refractivity contribution >= 4 is 5.91 Å². The van der Waals surface area contributed by atoms with E-state index in [9.17, 15) is 9.59 Å². The minimum Gasteiger partial charge on any atom is -0.477 e. The molecule has 32 heavy (non-hydrogen) atoms. The van der Waals surface area contributed by atoms with Gasteiger partial charge in [-0.3, -0.25) is 19.4 Å². The Balaban J connectivity index is 1.19. The highest BCUT2D eigenvalue weighted by molar-refractivity contribution is 5.77. The van der Waals surface area contributed by atoms with Crippen LogP contribution in [0.1, 0.15) is 24.2 Å². The molecule has 2 aromatic rings. The Morgan fingerprint density at radius 2 is 1.84 bits per heavy atom. The molecular formula is C24H31N3O5. The van der Waals surface area contributed by atoms with Crippen LogP contribution in [0, 0.1) is 0 Å². The van der Waals surface area contributed by atoms with Gasteiger partial charge in [0, 0.05) is 51.9 Å². The fourth-order valence-electron chi connectivity index (χ4n) is 4.02. The van der Waals surface area contributed by atoms with Gasteiger partial charge >= 0.3 is 0 Å². The van der Waals surface area contributed by atoms with Crippen LogP contribution in [0.25, 0.3) is 0 Å². The molecule has 4 rings (SSSR count). The van der Waals surface area contributed by atoms with Crippen LogP contribution in [-0.2, 0) is 22.6 Å². The number of ether oxygens (including phenoxy) is 2. The van der Waals surface area contributed by atoms with E-state index in [1.165, 1.54) is 17.9 Å². The highest BCUT2D eigenvalue weighted by Crippen LogP contribution is 2.13. The smallest absolute Gasteiger partial charge is 0.258 e. The standard InChI is InChI=1S/C24H31N3O5/c28-22-13-21(16-27-10-8-26(9-11-27)15-19-5-2-1-3-6-19)31-17-23(22)32-18-24(29)25-14-20-7-4-12-30-20/h1-3,5-6,13,17,20H,4,7-12,14-16,18H2,(H,25,29)/t20-/m0/s1. The molecule has 0 unspecified atom stereocenters. The molecule has 8 nitrogen and oxygen atoms in total. The predicted octanol–water partition coefficient (Wildman–Crippen LogP) is 1.63. The molecule has 2 fully saturated rings. The molecule has 1 aromatic heterocycles. The number of nitrogens with one attached hydrogen (secondary N) is 1. The molecular weight excluding hydrogens is 410 g/mol. The van der Waals surface area contributed by atoms with Gasteiger partial charge in [0.2, 0.25) is 11.2 Å². The Labute approximate surface area is 188 Å². The van der Waals surface area contributed by atoms with E-state index in [1.54, 1.807) is 0 Å². The van der Waals surface area contributed by atoms with Gasteiger partial charge in [-0.05, 0) is 18.4 Å². The average Bonchev–Trinajstić information content (AvgIpc) is 3.33. The molecule has 8 heteroatoms. The Hall–Kier alpha value is -2.68. The van der Waals surface area contributed by atoms with Crippen molar-refractivity contribution in [2.24, 2.45) is 0 Å². The Morgan fingerprint density at radius 1 is 1.09 bits per heavy atom. The molecule has 0 saturated carbocycles. The summed E-state index contributed by atoms with van der Waals surface area (Å²) in [5.41, 5.74) is 1.05. The molecule has 1 amide bonds. The van der Waals surface area contributed by atoms with Gasteiger partial charge in [0.05, 0.1) is 12.6 Å². The highest BCUT2D eigenvalue weighted by atomic mass is 16.5. The zero-order valence-electron chi connectivity index (χ0n) is 18.3. The predicted molar refractivity (Wildman–Crippen MR) is 119 cm³/mol. The molecule has 2 aliphatic heterocycles. The van der Waals surface area contributed by atoms with Crippen molar-refractivity contribution in [1.82, 2.24) is 15.1 Å². The fourth-order valence-corrected chi connectivity index (χ4v) is 4.02. The topological polar surface area (TPSA) is 84.2 Å². The first-order chi connectivity index (χ1) is 15.7. The zero-order valence-corrected chi connectivity index (χ0v) is 18.3. The maximum Gasteiger partial charge on any atom is 0.258 e. The van der Waals surface area contributed by atoms with E-state index in [0.717, 1.165) is 52.2 Å². The number of carbonyl (C=O) groups is 1. The van der Waals surface area contributed by atoms with Gasteiger partial charge in [0.1, 0.15) is 12.0 Å². The Morgan fingerprint density at radius 3 is 2.53 bits per heavy atom. The third-order valence-corrected chi connectivity index (χ3v) is 5.86. The molecule has 2 saturated heterocycles. The Bertz CT molecular complexity index is 919. The summed E-state index contributed by atoms with van der Waals surface area (Å²) < 4.78 is 16.4. The van der Waals surface area contributed by atoms with E-state index < -0.39 is 0 Å². The van der Waals surface area contributed by atoms with Crippen LogP contribution < -0.4 is 15.5 Å². The fraction of sp³-hybridized carbons (Fsp3) is 0.500. The lowest BCUT2D eigenvalue weighted by atomic mass is 10.2. The highest BCUT2D eigenvalue weighted by Gasteiger charge is 2.19. The lowest BCUT2D eigenvalue weighted by Gasteiger charge is -2.34. The molecule has 172 valence electrons. The summed E-state index contributed by atoms with van der Waals surface area (Å²) >= 11 is 0. The molecule has 0 radical (unpaired) electrons. The van der Waals surface area contributed by atoms with Crippen molar-refractivity contribution in [3.8, 4) is 5.75 Å². The van der Waals surface area contributed by atoms with Crippen LogP contribution in [0.15, 0.2) is 51.9 Å². The molecule has 1 aromatic carbocycles. The van der Waals surface area contributed by atoms with Gasteiger partial charge in [0.15, 0.2) is 6.61 Å². The maximum absolute atomic E-state index is 12.4. The summed E-state index contributed by atoms with van der Waals surface area (Å²) in [5.74, 6) is 0.368. The van der Waals surface area contributed by atoms with E-state index in [2.05, 4.69) is 39.4 Å². The van der Waals surface area contributed by atoms with Crippen molar-refractivity contribution < 1.29 is 18.7 Å².